The molecule has 0 atom stereocenters. The van der Waals surface area contributed by atoms with Crippen LogP contribution in [0.3, 0.4) is 0 Å². The number of halogens is 3. The van der Waals surface area contributed by atoms with E-state index in [0.717, 1.165) is 63.4 Å². The fourth-order valence-electron chi connectivity index (χ4n) is 4.17. The molecule has 1 aliphatic heterocycles. The van der Waals surface area contributed by atoms with Gasteiger partial charge >= 0.3 is 0 Å². The van der Waals surface area contributed by atoms with Crippen LogP contribution in [0.15, 0.2) is 18.2 Å². The Bertz CT molecular complexity index is 597. The van der Waals surface area contributed by atoms with Crippen molar-refractivity contribution < 1.29 is 13.6 Å². The second kappa shape index (κ2) is 9.77. The lowest BCUT2D eigenvalue weighted by atomic mass is 9.84. The number of benzene rings is 1. The monoisotopic (exact) mass is 386 g/mol. The smallest absolute Gasteiger partial charge is 0.168 e. The fraction of sp³-hybridized carbons (Fsp3) is 0.650. The quantitative estimate of drug-likeness (QED) is 0.772. The summed E-state index contributed by atoms with van der Waals surface area (Å²) in [7, 11) is 0. The van der Waals surface area contributed by atoms with Gasteiger partial charge in [0.05, 0.1) is 5.56 Å². The normalized spacial score (nSPS) is 24.9. The van der Waals surface area contributed by atoms with Gasteiger partial charge in [0.2, 0.25) is 0 Å². The molecule has 0 bridgehead atoms. The summed E-state index contributed by atoms with van der Waals surface area (Å²) in [6.45, 7) is 2.84. The molecule has 2 fully saturated rings. The number of hydrogen-bond donors (Lipinski definition) is 1. The van der Waals surface area contributed by atoms with Gasteiger partial charge in [-0.2, -0.15) is 0 Å². The number of carbonyl (C=O) groups is 1. The third-order valence-electron chi connectivity index (χ3n) is 5.90. The van der Waals surface area contributed by atoms with Gasteiger partial charge in [-0.1, -0.05) is 0 Å². The third kappa shape index (κ3) is 5.48. The molecule has 2 N–H and O–H groups in total. The van der Waals surface area contributed by atoms with E-state index in [-0.39, 0.29) is 29.7 Å². The lowest BCUT2D eigenvalue weighted by Crippen LogP contribution is -2.38. The highest BCUT2D eigenvalue weighted by atomic mass is 35.5. The Kier molecular flexibility index (Phi) is 7.99. The number of nitrogens with two attached hydrogens (primary N) is 1. The van der Waals surface area contributed by atoms with E-state index >= 15 is 0 Å². The number of carbonyl (C=O) groups excluding carboxylic acids is 1. The molecule has 146 valence electrons. The minimum absolute atomic E-state index is 0. The maximum Gasteiger partial charge on any atom is 0.168 e. The van der Waals surface area contributed by atoms with Gasteiger partial charge in [-0.15, -0.1) is 12.4 Å². The number of Topliss-reactive ketones (excluding diaryl/α,β-unsaturated/α-hetero) is 1. The largest absolute Gasteiger partial charge is 0.328 e. The Morgan fingerprint density at radius 1 is 1.08 bits per heavy atom. The van der Waals surface area contributed by atoms with Crippen LogP contribution >= 0.6 is 12.4 Å². The Balaban J connectivity index is 0.00000243. The predicted molar refractivity (Wildman–Crippen MR) is 102 cm³/mol. The maximum atomic E-state index is 13.8. The van der Waals surface area contributed by atoms with Gasteiger partial charge in [-0.3, -0.25) is 4.79 Å². The fourth-order valence-corrected chi connectivity index (χ4v) is 4.17. The number of piperidine rings is 1. The van der Waals surface area contributed by atoms with Gasteiger partial charge in [0.15, 0.2) is 5.78 Å². The van der Waals surface area contributed by atoms with Gasteiger partial charge in [0.1, 0.15) is 11.6 Å². The molecule has 1 saturated heterocycles. The highest BCUT2D eigenvalue weighted by Gasteiger charge is 2.28. The van der Waals surface area contributed by atoms with Crippen LogP contribution in [0.2, 0.25) is 0 Å². The summed E-state index contributed by atoms with van der Waals surface area (Å²) < 4.78 is 26.8. The Morgan fingerprint density at radius 2 is 1.73 bits per heavy atom. The van der Waals surface area contributed by atoms with Gasteiger partial charge in [0, 0.05) is 18.0 Å². The first kappa shape index (κ1) is 21.3. The van der Waals surface area contributed by atoms with Crippen molar-refractivity contribution in [3.05, 3.63) is 35.4 Å². The molecule has 1 aliphatic carbocycles. The molecule has 1 aromatic carbocycles. The summed E-state index contributed by atoms with van der Waals surface area (Å²) in [5.41, 5.74) is 5.98. The standard InChI is InChI=1S/C20H28F2N2O.ClH/c21-16-3-6-18(19(22)13-16)20(25)15-8-11-24(12-9-15)10-7-14-1-4-17(23)5-2-14;/h3,6,13-15,17H,1-2,4-5,7-12,23H2;1H. The summed E-state index contributed by atoms with van der Waals surface area (Å²) in [5.74, 6) is -0.940. The molecule has 0 unspecified atom stereocenters. The van der Waals surface area contributed by atoms with Crippen LogP contribution in [0, 0.1) is 23.5 Å². The van der Waals surface area contributed by atoms with Crippen LogP contribution in [0.25, 0.3) is 0 Å². The Labute approximate surface area is 160 Å². The van der Waals surface area contributed by atoms with E-state index < -0.39 is 11.6 Å². The number of likely N-dealkylation sites (tertiary alicyclic amines) is 1. The highest BCUT2D eigenvalue weighted by Crippen LogP contribution is 2.28. The van der Waals surface area contributed by atoms with Crippen molar-refractivity contribution in [3.63, 3.8) is 0 Å². The first-order valence-electron chi connectivity index (χ1n) is 9.50. The lowest BCUT2D eigenvalue weighted by molar-refractivity contribution is 0.0828. The molecular weight excluding hydrogens is 358 g/mol. The van der Waals surface area contributed by atoms with Gasteiger partial charge in [-0.05, 0) is 82.6 Å². The molecule has 0 radical (unpaired) electrons. The first-order chi connectivity index (χ1) is 12.0. The number of ketones is 1. The van der Waals surface area contributed by atoms with E-state index in [1.165, 1.54) is 25.3 Å². The molecule has 1 heterocycles. The van der Waals surface area contributed by atoms with Crippen molar-refractivity contribution in [2.45, 2.75) is 51.0 Å². The van der Waals surface area contributed by atoms with Crippen molar-refractivity contribution >= 4 is 18.2 Å². The summed E-state index contributed by atoms with van der Waals surface area (Å²) >= 11 is 0. The molecule has 0 spiro atoms. The second-order valence-corrected chi connectivity index (χ2v) is 7.67. The highest BCUT2D eigenvalue weighted by molar-refractivity contribution is 5.98. The zero-order valence-electron chi connectivity index (χ0n) is 15.1. The average Bonchev–Trinajstić information content (AvgIpc) is 2.61. The zero-order valence-corrected chi connectivity index (χ0v) is 15.9. The summed E-state index contributed by atoms with van der Waals surface area (Å²) in [4.78, 5) is 14.9. The van der Waals surface area contributed by atoms with Crippen LogP contribution in [0.4, 0.5) is 8.78 Å². The molecular formula is C20H29ClF2N2O. The maximum absolute atomic E-state index is 13.8. The summed E-state index contributed by atoms with van der Waals surface area (Å²) in [5, 5.41) is 0. The van der Waals surface area contributed by atoms with E-state index in [4.69, 9.17) is 5.73 Å². The summed E-state index contributed by atoms with van der Waals surface area (Å²) in [6, 6.07) is 3.61. The molecule has 1 saturated carbocycles. The molecule has 26 heavy (non-hydrogen) atoms. The molecule has 0 aromatic heterocycles. The van der Waals surface area contributed by atoms with Gasteiger partial charge in [-0.25, -0.2) is 8.78 Å². The molecule has 2 aliphatic rings. The van der Waals surface area contributed by atoms with Crippen molar-refractivity contribution in [1.29, 1.82) is 0 Å². The molecule has 3 nitrogen and oxygen atoms in total. The molecule has 0 amide bonds. The van der Waals surface area contributed by atoms with Crippen LogP contribution in [0.1, 0.15) is 55.3 Å². The van der Waals surface area contributed by atoms with Crippen LogP contribution in [-0.4, -0.2) is 36.4 Å². The van der Waals surface area contributed by atoms with Crippen molar-refractivity contribution in [2.24, 2.45) is 17.6 Å². The minimum atomic E-state index is -0.747. The third-order valence-corrected chi connectivity index (χ3v) is 5.90. The van der Waals surface area contributed by atoms with E-state index in [2.05, 4.69) is 4.90 Å². The summed E-state index contributed by atoms with van der Waals surface area (Å²) in [6.07, 6.45) is 7.48. The van der Waals surface area contributed by atoms with E-state index in [0.29, 0.717) is 6.04 Å². The minimum Gasteiger partial charge on any atom is -0.328 e. The molecule has 3 rings (SSSR count). The topological polar surface area (TPSA) is 46.3 Å². The van der Waals surface area contributed by atoms with Gasteiger partial charge < -0.3 is 10.6 Å². The zero-order chi connectivity index (χ0) is 17.8. The Hall–Kier alpha value is -1.04. The molecule has 6 heteroatoms. The number of hydrogen-bond acceptors (Lipinski definition) is 3. The van der Waals surface area contributed by atoms with E-state index in [1.807, 2.05) is 0 Å². The lowest BCUT2D eigenvalue weighted by Gasteiger charge is -2.33. The van der Waals surface area contributed by atoms with Crippen LogP contribution in [-0.2, 0) is 0 Å². The first-order valence-corrected chi connectivity index (χ1v) is 9.50. The Morgan fingerprint density at radius 3 is 2.35 bits per heavy atom. The SMILES string of the molecule is Cl.NC1CCC(CCN2CCC(C(=O)c3ccc(F)cc3F)CC2)CC1. The molecule has 1 aromatic rings. The number of rotatable bonds is 5. The number of nitrogens with zero attached hydrogens (tertiary/aromatic N) is 1. The predicted octanol–water partition coefficient (Wildman–Crippen LogP) is 4.19. The van der Waals surface area contributed by atoms with Gasteiger partial charge in [0.25, 0.3) is 0 Å². The van der Waals surface area contributed by atoms with Crippen molar-refractivity contribution in [2.75, 3.05) is 19.6 Å². The van der Waals surface area contributed by atoms with Crippen molar-refractivity contribution in [3.8, 4) is 0 Å². The van der Waals surface area contributed by atoms with E-state index in [9.17, 15) is 13.6 Å². The van der Waals surface area contributed by atoms with E-state index in [1.54, 1.807) is 0 Å². The van der Waals surface area contributed by atoms with Crippen LogP contribution in [0.5, 0.6) is 0 Å². The van der Waals surface area contributed by atoms with Crippen LogP contribution < -0.4 is 5.73 Å². The average molecular weight is 387 g/mol. The second-order valence-electron chi connectivity index (χ2n) is 7.67. The van der Waals surface area contributed by atoms with Crippen molar-refractivity contribution in [1.82, 2.24) is 4.90 Å².